The smallest absolute Gasteiger partial charge is 0.220 e. The highest BCUT2D eigenvalue weighted by Gasteiger charge is 2.23. The largest absolute Gasteiger partial charge is 0.356 e. The summed E-state index contributed by atoms with van der Waals surface area (Å²) >= 11 is 0. The third kappa shape index (κ3) is 4.94. The van der Waals surface area contributed by atoms with Gasteiger partial charge in [-0.3, -0.25) is 4.79 Å². The molecule has 1 heterocycles. The monoisotopic (exact) mass is 227 g/mol. The van der Waals surface area contributed by atoms with Crippen molar-refractivity contribution in [2.24, 2.45) is 11.3 Å². The lowest BCUT2D eigenvalue weighted by molar-refractivity contribution is -0.122. The first-order valence-corrected chi connectivity index (χ1v) is 6.01. The van der Waals surface area contributed by atoms with E-state index in [1.165, 1.54) is 0 Å². The number of hydrogen-bond donors (Lipinski definition) is 2. The van der Waals surface area contributed by atoms with Gasteiger partial charge in [0.15, 0.2) is 0 Å². The van der Waals surface area contributed by atoms with Gasteiger partial charge in [0.2, 0.25) is 5.91 Å². The van der Waals surface area contributed by atoms with E-state index in [4.69, 9.17) is 0 Å². The van der Waals surface area contributed by atoms with Crippen LogP contribution in [0.25, 0.3) is 0 Å². The summed E-state index contributed by atoms with van der Waals surface area (Å²) in [5.74, 6) is 0.746. The Kier molecular flexibility index (Phi) is 4.74. The lowest BCUT2D eigenvalue weighted by Gasteiger charge is -2.30. The van der Waals surface area contributed by atoms with Gasteiger partial charge in [-0.1, -0.05) is 13.8 Å². The van der Waals surface area contributed by atoms with Gasteiger partial charge in [-0.05, 0) is 38.5 Å². The molecule has 0 spiro atoms. The highest BCUT2D eigenvalue weighted by atomic mass is 16.1. The fourth-order valence-electron chi connectivity index (χ4n) is 2.08. The Morgan fingerprint density at radius 2 is 2.06 bits per heavy atom. The van der Waals surface area contributed by atoms with E-state index in [0.29, 0.717) is 12.3 Å². The molecule has 1 aliphatic rings. The summed E-state index contributed by atoms with van der Waals surface area (Å²) < 4.78 is 0. The summed E-state index contributed by atoms with van der Waals surface area (Å²) in [6.07, 6.45) is 0.672. The molecule has 4 heteroatoms. The molecule has 0 unspecified atom stereocenters. The molecule has 1 fully saturated rings. The molecular formula is C12H25N3O. The van der Waals surface area contributed by atoms with Gasteiger partial charge in [0, 0.05) is 19.5 Å². The zero-order valence-corrected chi connectivity index (χ0v) is 11.0. The summed E-state index contributed by atoms with van der Waals surface area (Å²) in [6, 6.07) is 0. The average molecular weight is 227 g/mol. The van der Waals surface area contributed by atoms with E-state index in [0.717, 1.165) is 26.2 Å². The highest BCUT2D eigenvalue weighted by molar-refractivity contribution is 5.76. The van der Waals surface area contributed by atoms with Crippen LogP contribution in [0.1, 0.15) is 20.3 Å². The minimum Gasteiger partial charge on any atom is -0.356 e. The fourth-order valence-corrected chi connectivity index (χ4v) is 2.08. The number of carbonyl (C=O) groups excluding carboxylic acids is 1. The first-order valence-electron chi connectivity index (χ1n) is 6.01. The molecule has 0 aromatic rings. The SMILES string of the molecule is CN(C)CC(C)(C)CNC(=O)CC1CNC1. The molecule has 4 nitrogen and oxygen atoms in total. The zero-order valence-electron chi connectivity index (χ0n) is 11.0. The minimum absolute atomic E-state index is 0.136. The van der Waals surface area contributed by atoms with Gasteiger partial charge in [-0.25, -0.2) is 0 Å². The Balaban J connectivity index is 2.18. The van der Waals surface area contributed by atoms with Crippen LogP contribution >= 0.6 is 0 Å². The second kappa shape index (κ2) is 5.64. The van der Waals surface area contributed by atoms with E-state index in [-0.39, 0.29) is 11.3 Å². The summed E-state index contributed by atoms with van der Waals surface area (Å²) in [5.41, 5.74) is 0.136. The van der Waals surface area contributed by atoms with Crippen molar-refractivity contribution < 1.29 is 4.79 Å². The number of nitrogens with zero attached hydrogens (tertiary/aromatic N) is 1. The molecule has 2 N–H and O–H groups in total. The normalized spacial score (nSPS) is 17.3. The van der Waals surface area contributed by atoms with Gasteiger partial charge in [-0.15, -0.1) is 0 Å². The first kappa shape index (κ1) is 13.5. The van der Waals surface area contributed by atoms with Crippen molar-refractivity contribution in [2.45, 2.75) is 20.3 Å². The van der Waals surface area contributed by atoms with Crippen molar-refractivity contribution in [2.75, 3.05) is 40.3 Å². The predicted molar refractivity (Wildman–Crippen MR) is 66.3 cm³/mol. The maximum atomic E-state index is 11.6. The van der Waals surface area contributed by atoms with Gasteiger partial charge >= 0.3 is 0 Å². The molecular weight excluding hydrogens is 202 g/mol. The fraction of sp³-hybridized carbons (Fsp3) is 0.917. The van der Waals surface area contributed by atoms with E-state index >= 15 is 0 Å². The van der Waals surface area contributed by atoms with Crippen molar-refractivity contribution >= 4 is 5.91 Å². The Morgan fingerprint density at radius 1 is 1.44 bits per heavy atom. The second-order valence-corrected chi connectivity index (χ2v) is 5.91. The van der Waals surface area contributed by atoms with E-state index in [9.17, 15) is 4.79 Å². The van der Waals surface area contributed by atoms with E-state index in [2.05, 4.69) is 43.5 Å². The number of amides is 1. The summed E-state index contributed by atoms with van der Waals surface area (Å²) in [4.78, 5) is 13.8. The Morgan fingerprint density at radius 3 is 2.50 bits per heavy atom. The molecule has 0 radical (unpaired) electrons. The Hall–Kier alpha value is -0.610. The van der Waals surface area contributed by atoms with Crippen molar-refractivity contribution in [1.29, 1.82) is 0 Å². The number of carbonyl (C=O) groups is 1. The third-order valence-electron chi connectivity index (χ3n) is 2.85. The summed E-state index contributed by atoms with van der Waals surface area (Å²) in [6.45, 7) is 8.09. The van der Waals surface area contributed by atoms with Crippen LogP contribution in [0.2, 0.25) is 0 Å². The van der Waals surface area contributed by atoms with Gasteiger partial charge in [0.1, 0.15) is 0 Å². The van der Waals surface area contributed by atoms with Crippen molar-refractivity contribution in [1.82, 2.24) is 15.5 Å². The third-order valence-corrected chi connectivity index (χ3v) is 2.85. The maximum Gasteiger partial charge on any atom is 0.220 e. The van der Waals surface area contributed by atoms with Crippen LogP contribution in [-0.4, -0.2) is 51.1 Å². The number of hydrogen-bond acceptors (Lipinski definition) is 3. The molecule has 0 atom stereocenters. The van der Waals surface area contributed by atoms with Crippen LogP contribution in [0.3, 0.4) is 0 Å². The Labute approximate surface area is 98.8 Å². The lowest BCUT2D eigenvalue weighted by atomic mass is 9.92. The molecule has 0 bridgehead atoms. The summed E-state index contributed by atoms with van der Waals surface area (Å²) in [7, 11) is 4.12. The molecule has 0 aromatic carbocycles. The topological polar surface area (TPSA) is 44.4 Å². The maximum absolute atomic E-state index is 11.6. The number of nitrogens with one attached hydrogen (secondary N) is 2. The van der Waals surface area contributed by atoms with E-state index in [1.807, 2.05) is 0 Å². The molecule has 0 aliphatic carbocycles. The molecule has 94 valence electrons. The molecule has 1 saturated heterocycles. The quantitative estimate of drug-likeness (QED) is 0.686. The van der Waals surface area contributed by atoms with Gasteiger partial charge in [0.25, 0.3) is 0 Å². The highest BCUT2D eigenvalue weighted by Crippen LogP contribution is 2.14. The van der Waals surface area contributed by atoms with Crippen LogP contribution in [0.5, 0.6) is 0 Å². The molecule has 16 heavy (non-hydrogen) atoms. The van der Waals surface area contributed by atoms with Crippen LogP contribution < -0.4 is 10.6 Å². The van der Waals surface area contributed by atoms with Crippen LogP contribution in [0.15, 0.2) is 0 Å². The molecule has 0 saturated carbocycles. The molecule has 1 aliphatic heterocycles. The van der Waals surface area contributed by atoms with Gasteiger partial charge < -0.3 is 15.5 Å². The molecule has 1 amide bonds. The van der Waals surface area contributed by atoms with Crippen molar-refractivity contribution in [3.05, 3.63) is 0 Å². The number of rotatable bonds is 6. The standard InChI is InChI=1S/C12H25N3O/c1-12(2,9-15(3)4)8-14-11(16)5-10-6-13-7-10/h10,13H,5-9H2,1-4H3,(H,14,16). The van der Waals surface area contributed by atoms with Crippen molar-refractivity contribution in [3.63, 3.8) is 0 Å². The molecule has 0 aromatic heterocycles. The van der Waals surface area contributed by atoms with Crippen LogP contribution in [0.4, 0.5) is 0 Å². The first-order chi connectivity index (χ1) is 7.39. The van der Waals surface area contributed by atoms with Crippen LogP contribution in [0, 0.1) is 11.3 Å². The van der Waals surface area contributed by atoms with E-state index < -0.39 is 0 Å². The molecule has 1 rings (SSSR count). The second-order valence-electron chi connectivity index (χ2n) is 5.91. The van der Waals surface area contributed by atoms with E-state index in [1.54, 1.807) is 0 Å². The minimum atomic E-state index is 0.136. The summed E-state index contributed by atoms with van der Waals surface area (Å²) in [5, 5.41) is 6.21. The van der Waals surface area contributed by atoms with Crippen molar-refractivity contribution in [3.8, 4) is 0 Å². The lowest BCUT2D eigenvalue weighted by Crippen LogP contribution is -2.46. The van der Waals surface area contributed by atoms with Gasteiger partial charge in [-0.2, -0.15) is 0 Å². The van der Waals surface area contributed by atoms with Crippen LogP contribution in [-0.2, 0) is 4.79 Å². The predicted octanol–water partition coefficient (Wildman–Crippen LogP) is 0.300. The van der Waals surface area contributed by atoms with Gasteiger partial charge in [0.05, 0.1) is 0 Å². The average Bonchev–Trinajstić information content (AvgIpc) is 2.06. The Bertz CT molecular complexity index is 234. The zero-order chi connectivity index (χ0) is 12.2.